The molecule has 109 heavy (non-hydrogen) atoms. The Morgan fingerprint density at radius 2 is 0.257 bits per heavy atom. The topological polar surface area (TPSA) is 844 Å². The van der Waals surface area contributed by atoms with Crippen LogP contribution in [0.2, 0.25) is 0 Å². The summed E-state index contributed by atoms with van der Waals surface area (Å²) in [6.07, 6.45) is -11.6. The molecule has 0 aliphatic heterocycles. The SMILES string of the molecule is O.O.O.O.O.O.O.O.O.O.Oc1c(C(O)O)cc2ccccc2c1-c1c(O)c(C(O)O)cc2ccccc12.Oc1c(C(O)O)cc2ccccc2c1-c1c(O)c(C(O)O)cc2ccccc12.Oc1c(C(O)O)cc2ccccc2c1-c1c(O)c(C(O)O)cc2ccccc12.[Cd].[Cd].[Cd].[Cd].[Cd].[Cd].[Cd].[Cd].[Cd].[Cd].[OH3+].[OH3+].[OH3+].[OH3+].[OH3+]. The zero-order valence-electron chi connectivity index (χ0n) is 58.8. The molecular formula is C66H89Cd10O33+5. The summed E-state index contributed by atoms with van der Waals surface area (Å²) < 4.78 is 0. The molecule has 12 aromatic carbocycles. The molecule has 0 aliphatic rings. The zero-order chi connectivity index (χ0) is 60.0. The van der Waals surface area contributed by atoms with Crippen LogP contribution in [0.3, 0.4) is 0 Å². The number of phenols is 6. The van der Waals surface area contributed by atoms with Gasteiger partial charge in [-0.25, -0.2) is 0 Å². The number of hydrogen-bond donors (Lipinski definition) is 18. The molecule has 566 valence electrons. The van der Waals surface area contributed by atoms with Crippen LogP contribution in [0.15, 0.2) is 182 Å². The van der Waals surface area contributed by atoms with E-state index < -0.39 is 72.2 Å². The van der Waals surface area contributed by atoms with Crippen LogP contribution in [0.1, 0.15) is 71.1 Å². The van der Waals surface area contributed by atoms with Gasteiger partial charge in [0.25, 0.3) is 0 Å². The van der Waals surface area contributed by atoms with Crippen LogP contribution in [-0.2, 0) is 300 Å². The Morgan fingerprint density at radius 3 is 0.349 bits per heavy atom. The second-order valence-corrected chi connectivity index (χ2v) is 19.7. The van der Waals surface area contributed by atoms with Gasteiger partial charge in [0, 0.05) is 306 Å². The summed E-state index contributed by atoms with van der Waals surface area (Å²) >= 11 is 0. The van der Waals surface area contributed by atoms with Crippen molar-refractivity contribution in [1.82, 2.24) is 0 Å². The van der Waals surface area contributed by atoms with Crippen molar-refractivity contribution >= 4 is 64.6 Å². The van der Waals surface area contributed by atoms with E-state index in [1.54, 1.807) is 146 Å². The fourth-order valence-electron chi connectivity index (χ4n) is 10.8. The van der Waals surface area contributed by atoms with E-state index in [0.717, 1.165) is 0 Å². The van der Waals surface area contributed by atoms with Crippen molar-refractivity contribution in [3.05, 3.63) is 215 Å². The summed E-state index contributed by atoms with van der Waals surface area (Å²) in [5, 5.41) is 189. The third kappa shape index (κ3) is 30.5. The number of fused-ring (bicyclic) bond motifs is 6. The smallest absolute Gasteiger partial charge is 0.182 e. The molecule has 0 unspecified atom stereocenters. The van der Waals surface area contributed by atoms with Gasteiger partial charge in [-0.3, -0.25) is 0 Å². The van der Waals surface area contributed by atoms with Gasteiger partial charge in [0.2, 0.25) is 0 Å². The van der Waals surface area contributed by atoms with Gasteiger partial charge in [-0.1, -0.05) is 146 Å². The molecule has 0 saturated heterocycles. The summed E-state index contributed by atoms with van der Waals surface area (Å²) in [6.45, 7) is 0. The molecule has 12 aromatic rings. The number of benzene rings is 12. The van der Waals surface area contributed by atoms with E-state index in [2.05, 4.69) is 0 Å². The Hall–Kier alpha value is -0.859. The van der Waals surface area contributed by atoms with Gasteiger partial charge in [-0.2, -0.15) is 0 Å². The first-order valence-electron chi connectivity index (χ1n) is 25.9. The van der Waals surface area contributed by atoms with E-state index in [1.807, 2.05) is 0 Å². The van der Waals surface area contributed by atoms with Crippen LogP contribution in [-0.4, -0.2) is 147 Å². The molecule has 0 aliphatic carbocycles. The van der Waals surface area contributed by atoms with Gasteiger partial charge in [-0.15, -0.1) is 0 Å². The van der Waals surface area contributed by atoms with Crippen molar-refractivity contribution in [2.24, 2.45) is 0 Å². The minimum atomic E-state index is -1.93. The number of aliphatic hydroxyl groups is 12. The molecule has 43 heteroatoms. The van der Waals surface area contributed by atoms with E-state index in [-0.39, 0.29) is 422 Å². The van der Waals surface area contributed by atoms with Crippen molar-refractivity contribution in [2.45, 2.75) is 37.7 Å². The Kier molecular flexibility index (Phi) is 86.1. The monoisotopic (exact) mass is 2550 g/mol. The molecular weight excluding hydrogens is 2440 g/mol. The number of aliphatic hydroxyl groups excluding tert-OH is 6. The van der Waals surface area contributed by atoms with Gasteiger partial charge < -0.3 is 174 Å². The van der Waals surface area contributed by atoms with Crippen molar-refractivity contribution in [3.63, 3.8) is 0 Å². The molecule has 0 heterocycles. The largest absolute Gasteiger partial charge is 0.507 e. The fraction of sp³-hybridized carbons (Fsp3) is 0.0909. The number of aromatic hydroxyl groups is 6. The van der Waals surface area contributed by atoms with Gasteiger partial charge in [0.05, 0.1) is 33.4 Å². The van der Waals surface area contributed by atoms with Crippen LogP contribution in [0.25, 0.3) is 98.0 Å². The maximum Gasteiger partial charge on any atom is 0.182 e. The molecule has 12 rings (SSSR count). The van der Waals surface area contributed by atoms with E-state index in [9.17, 15) is 91.9 Å². The maximum absolute atomic E-state index is 10.9. The fourth-order valence-corrected chi connectivity index (χ4v) is 10.8. The van der Waals surface area contributed by atoms with E-state index in [0.29, 0.717) is 64.6 Å². The Morgan fingerprint density at radius 1 is 0.165 bits per heavy atom. The third-order valence-electron chi connectivity index (χ3n) is 14.7. The summed E-state index contributed by atoms with van der Waals surface area (Å²) in [4.78, 5) is 0. The first kappa shape index (κ1) is 146. The minimum Gasteiger partial charge on any atom is -0.507 e. The molecule has 0 spiro atoms. The van der Waals surface area contributed by atoms with Crippen LogP contribution >= 0.6 is 0 Å². The first-order valence-corrected chi connectivity index (χ1v) is 25.9. The van der Waals surface area contributed by atoms with Crippen molar-refractivity contribution in [1.29, 1.82) is 0 Å². The average molecular weight is 2530 g/mol. The summed E-state index contributed by atoms with van der Waals surface area (Å²) in [7, 11) is 0. The standard InChI is InChI=1S/3C22H18O6.10Cd.15H2O/c3*23-19-15(21(25)26)9-11-5-1-3-7-13(11)17(19)18-14-8-4-2-6-12(14)10-16(20(18)24)22(27)28;;;;;;;;;;;;;;;;;;;;;;;;;/h3*1-10,21-28H;;;;;;;;;;;15*1H2/p+5. The van der Waals surface area contributed by atoms with Crippen molar-refractivity contribution in [2.75, 3.05) is 0 Å². The number of rotatable bonds is 9. The summed E-state index contributed by atoms with van der Waals surface area (Å²) in [5.41, 5.74) is 0.359. The second kappa shape index (κ2) is 64.2. The molecule has 0 amide bonds. The van der Waals surface area contributed by atoms with Gasteiger partial charge in [0.15, 0.2) is 37.7 Å². The Balaban J connectivity index is -0.0000000763. The summed E-state index contributed by atoms with van der Waals surface area (Å²) in [6, 6.07) is 50.7. The van der Waals surface area contributed by atoms with Crippen molar-refractivity contribution < 1.29 is 447 Å². The number of hydrogen-bond acceptors (Lipinski definition) is 18. The van der Waals surface area contributed by atoms with Crippen molar-refractivity contribution in [3.8, 4) is 67.9 Å². The van der Waals surface area contributed by atoms with E-state index in [1.165, 1.54) is 36.4 Å². The summed E-state index contributed by atoms with van der Waals surface area (Å²) in [5.74, 6) is -2.42. The van der Waals surface area contributed by atoms with Crippen LogP contribution in [0, 0.1) is 0 Å². The second-order valence-electron chi connectivity index (χ2n) is 19.7. The molecule has 0 bridgehead atoms. The molecule has 0 atom stereocenters. The Labute approximate surface area is 820 Å². The molecule has 0 saturated carbocycles. The quantitative estimate of drug-likeness (QED) is 0.0375. The normalized spacial score (nSPS) is 9.08. The molecule has 33 nitrogen and oxygen atoms in total. The van der Waals surface area contributed by atoms with Gasteiger partial charge in [-0.05, 0) is 101 Å². The predicted molar refractivity (Wildman–Crippen MR) is 374 cm³/mol. The third-order valence-corrected chi connectivity index (χ3v) is 14.7. The minimum absolute atomic E-state index is 0. The maximum atomic E-state index is 10.9. The van der Waals surface area contributed by atoms with E-state index >= 15 is 0 Å². The van der Waals surface area contributed by atoms with Crippen LogP contribution in [0.5, 0.6) is 34.5 Å². The zero-order valence-corrected chi connectivity index (χ0v) is 99.2. The number of phenolic OH excluding ortho intramolecular Hbond substituents is 6. The van der Waals surface area contributed by atoms with Crippen LogP contribution < -0.4 is 0 Å². The average Bonchev–Trinajstić information content (AvgIpc) is 0.755. The van der Waals surface area contributed by atoms with E-state index in [4.69, 9.17) is 0 Å². The molecule has 0 aromatic heterocycles. The predicted octanol–water partition coefficient (Wildman–Crippen LogP) is -3.77. The van der Waals surface area contributed by atoms with Gasteiger partial charge in [0.1, 0.15) is 34.5 Å². The molecule has 0 fully saturated rings. The molecule has 53 N–H and O–H groups in total. The first-order chi connectivity index (χ1) is 40.2. The molecule has 0 radical (unpaired) electrons. The van der Waals surface area contributed by atoms with Crippen LogP contribution in [0.4, 0.5) is 0 Å². The van der Waals surface area contributed by atoms with Gasteiger partial charge >= 0.3 is 0 Å². The Bertz CT molecular complexity index is 3830.